The van der Waals surface area contributed by atoms with Crippen molar-refractivity contribution in [2.75, 3.05) is 13.2 Å². The molecule has 11 heteroatoms. The van der Waals surface area contributed by atoms with Crippen LogP contribution in [0.2, 0.25) is 5.02 Å². The van der Waals surface area contributed by atoms with Gasteiger partial charge in [-0.15, -0.1) is 0 Å². The van der Waals surface area contributed by atoms with Crippen molar-refractivity contribution in [3.8, 4) is 0 Å². The van der Waals surface area contributed by atoms with E-state index in [1.165, 1.54) is 0 Å². The number of amides is 1. The van der Waals surface area contributed by atoms with Crippen molar-refractivity contribution in [3.63, 3.8) is 0 Å². The fraction of sp³-hybridized carbons (Fsp3) is 0.462. The second kappa shape index (κ2) is 8.15. The van der Waals surface area contributed by atoms with Crippen LogP contribution in [0.5, 0.6) is 0 Å². The molecule has 1 rings (SSSR count). The number of carbonyl (C=O) groups excluding carboxylic acids is 1. The molecule has 1 atom stereocenters. The molecule has 3 N–H and O–H groups in total. The summed E-state index contributed by atoms with van der Waals surface area (Å²) in [5.74, 6) is -0.508. The van der Waals surface area contributed by atoms with Gasteiger partial charge in [-0.05, 0) is 25.1 Å². The molecule has 0 fully saturated rings. The molecule has 1 aromatic carbocycles. The SMILES string of the molecule is CC(CO)NC(=O)CCNS(=O)(=O)c1ccc(Cl)c(C(F)(F)F)c1. The van der Waals surface area contributed by atoms with Gasteiger partial charge in [0, 0.05) is 19.0 Å². The predicted molar refractivity (Wildman–Crippen MR) is 81.0 cm³/mol. The summed E-state index contributed by atoms with van der Waals surface area (Å²) in [5, 5.41) is 10.6. The number of benzene rings is 1. The predicted octanol–water partition coefficient (Wildman–Crippen LogP) is 1.52. The molecule has 0 radical (unpaired) electrons. The Morgan fingerprint density at radius 2 is 2.00 bits per heavy atom. The molecule has 0 aliphatic carbocycles. The minimum Gasteiger partial charge on any atom is -0.394 e. The van der Waals surface area contributed by atoms with Crippen molar-refractivity contribution in [2.24, 2.45) is 0 Å². The molecule has 24 heavy (non-hydrogen) atoms. The van der Waals surface area contributed by atoms with Gasteiger partial charge < -0.3 is 10.4 Å². The van der Waals surface area contributed by atoms with Gasteiger partial charge in [-0.25, -0.2) is 13.1 Å². The minimum absolute atomic E-state index is 0.233. The first-order chi connectivity index (χ1) is 11.0. The fourth-order valence-corrected chi connectivity index (χ4v) is 2.95. The molecule has 0 aromatic heterocycles. The first-order valence-electron chi connectivity index (χ1n) is 6.74. The number of aliphatic hydroxyl groups is 1. The van der Waals surface area contributed by atoms with Crippen LogP contribution >= 0.6 is 11.6 Å². The van der Waals surface area contributed by atoms with Crippen molar-refractivity contribution in [2.45, 2.75) is 30.5 Å². The molecule has 6 nitrogen and oxygen atoms in total. The lowest BCUT2D eigenvalue weighted by atomic mass is 10.2. The van der Waals surface area contributed by atoms with Crippen molar-refractivity contribution >= 4 is 27.5 Å². The van der Waals surface area contributed by atoms with E-state index in [9.17, 15) is 26.4 Å². The first-order valence-corrected chi connectivity index (χ1v) is 8.60. The number of nitrogens with one attached hydrogen (secondary N) is 2. The Labute approximate surface area is 142 Å². The highest BCUT2D eigenvalue weighted by molar-refractivity contribution is 7.89. The van der Waals surface area contributed by atoms with Gasteiger partial charge in [0.2, 0.25) is 15.9 Å². The Morgan fingerprint density at radius 1 is 1.38 bits per heavy atom. The van der Waals surface area contributed by atoms with Gasteiger partial charge in [0.25, 0.3) is 0 Å². The molecule has 0 saturated carbocycles. The van der Waals surface area contributed by atoms with Gasteiger partial charge in [-0.2, -0.15) is 13.2 Å². The summed E-state index contributed by atoms with van der Waals surface area (Å²) >= 11 is 5.43. The van der Waals surface area contributed by atoms with Crippen LogP contribution in [0, 0.1) is 0 Å². The number of hydrogen-bond donors (Lipinski definition) is 3. The largest absolute Gasteiger partial charge is 0.417 e. The number of rotatable bonds is 7. The molecule has 0 saturated heterocycles. The molecule has 1 amide bonds. The van der Waals surface area contributed by atoms with E-state index in [0.29, 0.717) is 6.07 Å². The third-order valence-corrected chi connectivity index (χ3v) is 4.67. The van der Waals surface area contributed by atoms with Crippen LogP contribution in [-0.4, -0.2) is 38.6 Å². The topological polar surface area (TPSA) is 95.5 Å². The number of alkyl halides is 3. The summed E-state index contributed by atoms with van der Waals surface area (Å²) in [5.41, 5.74) is -1.26. The lowest BCUT2D eigenvalue weighted by Gasteiger charge is -2.13. The van der Waals surface area contributed by atoms with Crippen molar-refractivity contribution in [1.29, 1.82) is 0 Å². The van der Waals surface area contributed by atoms with E-state index in [4.69, 9.17) is 16.7 Å². The van der Waals surface area contributed by atoms with Gasteiger partial charge in [0.15, 0.2) is 0 Å². The van der Waals surface area contributed by atoms with Crippen molar-refractivity contribution < 1.29 is 31.5 Å². The number of carbonyl (C=O) groups is 1. The zero-order valence-corrected chi connectivity index (χ0v) is 14.1. The second-order valence-electron chi connectivity index (χ2n) is 4.94. The molecular weight excluding hydrogens is 373 g/mol. The Bertz CT molecular complexity index is 695. The summed E-state index contributed by atoms with van der Waals surface area (Å²) in [6, 6.07) is 1.72. The number of hydrogen-bond acceptors (Lipinski definition) is 4. The second-order valence-corrected chi connectivity index (χ2v) is 7.11. The van der Waals surface area contributed by atoms with E-state index in [0.717, 1.165) is 12.1 Å². The summed E-state index contributed by atoms with van der Waals surface area (Å²) < 4.78 is 64.3. The van der Waals surface area contributed by atoms with Crippen LogP contribution in [0.15, 0.2) is 23.1 Å². The monoisotopic (exact) mass is 388 g/mol. The third-order valence-electron chi connectivity index (χ3n) is 2.88. The van der Waals surface area contributed by atoms with Gasteiger partial charge in [0.05, 0.1) is 22.1 Å². The molecule has 136 valence electrons. The Kier molecular flexibility index (Phi) is 7.02. The highest BCUT2D eigenvalue weighted by Gasteiger charge is 2.34. The van der Waals surface area contributed by atoms with E-state index in [1.807, 2.05) is 4.72 Å². The highest BCUT2D eigenvalue weighted by atomic mass is 35.5. The standard InChI is InChI=1S/C13H16ClF3N2O4S/c1-8(7-20)19-12(21)4-5-18-24(22,23)9-2-3-11(14)10(6-9)13(15,16)17/h2-3,6,8,18,20H,4-5,7H2,1H3,(H,19,21). The van der Waals surface area contributed by atoms with E-state index in [1.54, 1.807) is 6.92 Å². The summed E-state index contributed by atoms with van der Waals surface area (Å²) in [7, 11) is -4.23. The fourth-order valence-electron chi connectivity index (χ4n) is 1.66. The van der Waals surface area contributed by atoms with E-state index in [2.05, 4.69) is 5.32 Å². The molecule has 1 unspecified atom stereocenters. The van der Waals surface area contributed by atoms with Crippen LogP contribution in [0.1, 0.15) is 18.9 Å². The first kappa shape index (κ1) is 20.7. The normalized spacial score (nSPS) is 13.6. The maximum Gasteiger partial charge on any atom is 0.417 e. The zero-order valence-electron chi connectivity index (χ0n) is 12.5. The third kappa shape index (κ3) is 5.93. The van der Waals surface area contributed by atoms with E-state index >= 15 is 0 Å². The Morgan fingerprint density at radius 3 is 2.54 bits per heavy atom. The minimum atomic E-state index is -4.79. The quantitative estimate of drug-likeness (QED) is 0.660. The number of sulfonamides is 1. The van der Waals surface area contributed by atoms with Crippen molar-refractivity contribution in [3.05, 3.63) is 28.8 Å². The molecular formula is C13H16ClF3N2O4S. The van der Waals surface area contributed by atoms with E-state index < -0.39 is 43.6 Å². The van der Waals surface area contributed by atoms with Crippen LogP contribution in [0.25, 0.3) is 0 Å². The molecule has 0 bridgehead atoms. The number of halogens is 4. The molecule has 0 spiro atoms. The molecule has 0 aliphatic heterocycles. The zero-order chi connectivity index (χ0) is 18.5. The summed E-state index contributed by atoms with van der Waals surface area (Å²) in [6.07, 6.45) is -5.02. The van der Waals surface area contributed by atoms with Crippen LogP contribution < -0.4 is 10.0 Å². The number of aliphatic hydroxyl groups excluding tert-OH is 1. The lowest BCUT2D eigenvalue weighted by molar-refractivity contribution is -0.137. The van der Waals surface area contributed by atoms with Gasteiger partial charge >= 0.3 is 6.18 Å². The van der Waals surface area contributed by atoms with Crippen LogP contribution in [0.4, 0.5) is 13.2 Å². The molecule has 1 aromatic rings. The Hall–Kier alpha value is -1.36. The smallest absolute Gasteiger partial charge is 0.394 e. The lowest BCUT2D eigenvalue weighted by Crippen LogP contribution is -2.37. The van der Waals surface area contributed by atoms with Crippen LogP contribution in [0.3, 0.4) is 0 Å². The van der Waals surface area contributed by atoms with E-state index in [-0.39, 0.29) is 19.6 Å². The molecule has 0 heterocycles. The summed E-state index contributed by atoms with van der Waals surface area (Å²) in [6.45, 7) is 0.965. The van der Waals surface area contributed by atoms with Crippen LogP contribution in [-0.2, 0) is 21.0 Å². The molecule has 0 aliphatic rings. The summed E-state index contributed by atoms with van der Waals surface area (Å²) in [4.78, 5) is 10.8. The van der Waals surface area contributed by atoms with Gasteiger partial charge in [0.1, 0.15) is 0 Å². The van der Waals surface area contributed by atoms with Gasteiger partial charge in [-0.1, -0.05) is 11.6 Å². The average molecular weight is 389 g/mol. The maximum atomic E-state index is 12.8. The van der Waals surface area contributed by atoms with Crippen molar-refractivity contribution in [1.82, 2.24) is 10.0 Å². The highest BCUT2D eigenvalue weighted by Crippen LogP contribution is 2.35. The Balaban J connectivity index is 2.78. The average Bonchev–Trinajstić information content (AvgIpc) is 2.45. The van der Waals surface area contributed by atoms with Gasteiger partial charge in [-0.3, -0.25) is 4.79 Å². The maximum absolute atomic E-state index is 12.8.